The van der Waals surface area contributed by atoms with Gasteiger partial charge in [-0.05, 0) is 43.5 Å². The number of hydrogen-bond donors (Lipinski definition) is 2. The van der Waals surface area contributed by atoms with E-state index in [-0.39, 0.29) is 11.9 Å². The number of fused-ring (bicyclic) bond motifs is 1. The summed E-state index contributed by atoms with van der Waals surface area (Å²) in [5, 5.41) is 6.22. The van der Waals surface area contributed by atoms with Gasteiger partial charge in [0.2, 0.25) is 5.91 Å². The van der Waals surface area contributed by atoms with Crippen LogP contribution >= 0.6 is 0 Å². The van der Waals surface area contributed by atoms with Crippen LogP contribution in [0.3, 0.4) is 0 Å². The van der Waals surface area contributed by atoms with Gasteiger partial charge in [-0.25, -0.2) is 0 Å². The highest BCUT2D eigenvalue weighted by atomic mass is 16.5. The number of benzene rings is 1. The van der Waals surface area contributed by atoms with Crippen LogP contribution in [0.25, 0.3) is 0 Å². The van der Waals surface area contributed by atoms with Gasteiger partial charge in [0.15, 0.2) is 0 Å². The molecule has 90 valence electrons. The number of amides is 1. The normalized spacial score (nSPS) is 22.2. The lowest BCUT2D eigenvalue weighted by Crippen LogP contribution is -2.29. The van der Waals surface area contributed by atoms with Crippen LogP contribution in [-0.2, 0) is 4.79 Å². The first-order valence-corrected chi connectivity index (χ1v) is 6.00. The Kier molecular flexibility index (Phi) is 2.52. The predicted octanol–water partition coefficient (Wildman–Crippen LogP) is 1.69. The van der Waals surface area contributed by atoms with Gasteiger partial charge in [-0.2, -0.15) is 0 Å². The highest BCUT2D eigenvalue weighted by Gasteiger charge is 2.32. The fourth-order valence-corrected chi connectivity index (χ4v) is 2.18. The number of methoxy groups -OCH3 is 1. The number of hydrogen-bond acceptors (Lipinski definition) is 3. The van der Waals surface area contributed by atoms with Crippen LogP contribution in [0.15, 0.2) is 18.2 Å². The fourth-order valence-electron chi connectivity index (χ4n) is 2.18. The molecule has 1 saturated carbocycles. The van der Waals surface area contributed by atoms with Crippen LogP contribution in [0.4, 0.5) is 5.69 Å². The zero-order valence-electron chi connectivity index (χ0n) is 9.82. The van der Waals surface area contributed by atoms with Gasteiger partial charge < -0.3 is 15.4 Å². The molecule has 1 heterocycles. The molecule has 0 aromatic heterocycles. The summed E-state index contributed by atoms with van der Waals surface area (Å²) in [6.07, 6.45) is 2.57. The molecule has 4 heteroatoms. The predicted molar refractivity (Wildman–Crippen MR) is 65.1 cm³/mol. The molecule has 1 fully saturated rings. The Balaban J connectivity index is 1.82. The molecule has 1 unspecified atom stereocenters. The molecule has 4 nitrogen and oxygen atoms in total. The Bertz CT molecular complexity index is 455. The smallest absolute Gasteiger partial charge is 0.246 e. The van der Waals surface area contributed by atoms with Gasteiger partial charge in [-0.1, -0.05) is 0 Å². The Hall–Kier alpha value is -1.55. The highest BCUT2D eigenvalue weighted by Crippen LogP contribution is 2.35. The molecule has 0 radical (unpaired) electrons. The number of nitrogens with one attached hydrogen (secondary N) is 2. The molecule has 1 amide bonds. The lowest BCUT2D eigenvalue weighted by atomic mass is 10.1. The number of ether oxygens (including phenoxy) is 1. The molecule has 2 aliphatic rings. The maximum absolute atomic E-state index is 11.8. The molecular weight excluding hydrogens is 216 g/mol. The molecule has 2 N–H and O–H groups in total. The molecule has 1 aliphatic heterocycles. The van der Waals surface area contributed by atoms with Crippen molar-refractivity contribution in [1.82, 2.24) is 5.32 Å². The summed E-state index contributed by atoms with van der Waals surface area (Å²) in [6.45, 7) is 0.925. The van der Waals surface area contributed by atoms with Gasteiger partial charge in [-0.15, -0.1) is 0 Å². The van der Waals surface area contributed by atoms with E-state index in [1.165, 1.54) is 12.8 Å². The van der Waals surface area contributed by atoms with Crippen molar-refractivity contribution in [2.45, 2.75) is 18.9 Å². The van der Waals surface area contributed by atoms with Crippen LogP contribution in [-0.4, -0.2) is 19.6 Å². The van der Waals surface area contributed by atoms with Gasteiger partial charge in [0.25, 0.3) is 0 Å². The van der Waals surface area contributed by atoms with Gasteiger partial charge in [0.05, 0.1) is 7.11 Å². The van der Waals surface area contributed by atoms with Gasteiger partial charge in [0, 0.05) is 11.3 Å². The van der Waals surface area contributed by atoms with Crippen molar-refractivity contribution in [2.24, 2.45) is 5.92 Å². The first kappa shape index (κ1) is 10.6. The molecule has 3 rings (SSSR count). The zero-order chi connectivity index (χ0) is 11.8. The third-order valence-electron chi connectivity index (χ3n) is 3.40. The highest BCUT2D eigenvalue weighted by molar-refractivity contribution is 6.02. The Morgan fingerprint density at radius 2 is 2.29 bits per heavy atom. The van der Waals surface area contributed by atoms with Crippen molar-refractivity contribution < 1.29 is 9.53 Å². The standard InChI is InChI=1S/C13H16N2O2/c1-17-9-4-5-11-10(6-9)12(13(16)15-11)14-7-8-2-3-8/h4-6,8,12,14H,2-3,7H2,1H3,(H,15,16). The largest absolute Gasteiger partial charge is 0.497 e. The van der Waals surface area contributed by atoms with Gasteiger partial charge >= 0.3 is 0 Å². The van der Waals surface area contributed by atoms with E-state index in [9.17, 15) is 4.79 Å². The molecule has 17 heavy (non-hydrogen) atoms. The molecular formula is C13H16N2O2. The fraction of sp³-hybridized carbons (Fsp3) is 0.462. The minimum Gasteiger partial charge on any atom is -0.497 e. The van der Waals surface area contributed by atoms with E-state index in [1.54, 1.807) is 7.11 Å². The second kappa shape index (κ2) is 4.04. The minimum absolute atomic E-state index is 0.0360. The lowest BCUT2D eigenvalue weighted by Gasteiger charge is -2.11. The SMILES string of the molecule is COc1ccc2c(c1)C(NCC1CC1)C(=O)N2. The molecule has 0 bridgehead atoms. The lowest BCUT2D eigenvalue weighted by molar-refractivity contribution is -0.117. The van der Waals surface area contributed by atoms with Crippen molar-refractivity contribution >= 4 is 11.6 Å². The van der Waals surface area contributed by atoms with Crippen LogP contribution in [0, 0.1) is 5.92 Å². The second-order valence-corrected chi connectivity index (χ2v) is 4.73. The van der Waals surface area contributed by atoms with Crippen LogP contribution in [0.5, 0.6) is 5.75 Å². The third kappa shape index (κ3) is 2.00. The first-order chi connectivity index (χ1) is 8.28. The number of anilines is 1. The van der Waals surface area contributed by atoms with Crippen LogP contribution < -0.4 is 15.4 Å². The molecule has 0 saturated heterocycles. The second-order valence-electron chi connectivity index (χ2n) is 4.73. The summed E-state index contributed by atoms with van der Waals surface area (Å²) in [4.78, 5) is 11.8. The van der Waals surface area contributed by atoms with Crippen molar-refractivity contribution in [3.8, 4) is 5.75 Å². The van der Waals surface area contributed by atoms with Crippen LogP contribution in [0.2, 0.25) is 0 Å². The molecule has 0 spiro atoms. The summed E-state index contributed by atoms with van der Waals surface area (Å²) in [7, 11) is 1.64. The third-order valence-corrected chi connectivity index (χ3v) is 3.40. The van der Waals surface area contributed by atoms with Crippen molar-refractivity contribution in [3.63, 3.8) is 0 Å². The van der Waals surface area contributed by atoms with E-state index in [1.807, 2.05) is 18.2 Å². The van der Waals surface area contributed by atoms with E-state index in [4.69, 9.17) is 4.74 Å². The van der Waals surface area contributed by atoms with Crippen LogP contribution in [0.1, 0.15) is 24.4 Å². The van der Waals surface area contributed by atoms with Crippen molar-refractivity contribution in [3.05, 3.63) is 23.8 Å². The summed E-state index contributed by atoms with van der Waals surface area (Å²) in [6, 6.07) is 5.46. The maximum Gasteiger partial charge on any atom is 0.246 e. The first-order valence-electron chi connectivity index (χ1n) is 6.00. The molecule has 1 aliphatic carbocycles. The topological polar surface area (TPSA) is 50.4 Å². The summed E-state index contributed by atoms with van der Waals surface area (Å²) in [5.74, 6) is 1.59. The van der Waals surface area contributed by atoms with E-state index in [0.717, 1.165) is 29.5 Å². The number of rotatable bonds is 4. The van der Waals surface area contributed by atoms with E-state index < -0.39 is 0 Å². The van der Waals surface area contributed by atoms with Gasteiger partial charge in [-0.3, -0.25) is 4.79 Å². The van der Waals surface area contributed by atoms with Gasteiger partial charge in [0.1, 0.15) is 11.8 Å². The van der Waals surface area contributed by atoms with E-state index in [2.05, 4.69) is 10.6 Å². The van der Waals surface area contributed by atoms with Crippen molar-refractivity contribution in [2.75, 3.05) is 19.0 Å². The number of carbonyl (C=O) groups excluding carboxylic acids is 1. The van der Waals surface area contributed by atoms with E-state index in [0.29, 0.717) is 0 Å². The number of carbonyl (C=O) groups is 1. The Labute approximate surface area is 100 Å². The Morgan fingerprint density at radius 3 is 3.00 bits per heavy atom. The quantitative estimate of drug-likeness (QED) is 0.830. The monoisotopic (exact) mass is 232 g/mol. The minimum atomic E-state index is -0.222. The molecule has 1 atom stereocenters. The Morgan fingerprint density at radius 1 is 1.47 bits per heavy atom. The summed E-state index contributed by atoms with van der Waals surface area (Å²) >= 11 is 0. The van der Waals surface area contributed by atoms with E-state index >= 15 is 0 Å². The maximum atomic E-state index is 11.8. The molecule has 1 aromatic carbocycles. The van der Waals surface area contributed by atoms with Crippen molar-refractivity contribution in [1.29, 1.82) is 0 Å². The average Bonchev–Trinajstić information content (AvgIpc) is 3.10. The average molecular weight is 232 g/mol. The molecule has 1 aromatic rings. The zero-order valence-corrected chi connectivity index (χ0v) is 9.82. The summed E-state index contributed by atoms with van der Waals surface area (Å²) in [5.41, 5.74) is 1.89. The summed E-state index contributed by atoms with van der Waals surface area (Å²) < 4.78 is 5.19.